The molecule has 0 fully saturated rings. The Morgan fingerprint density at radius 1 is 1.63 bits per heavy atom. The van der Waals surface area contributed by atoms with Crippen LogP contribution in [0.15, 0.2) is 17.5 Å². The van der Waals surface area contributed by atoms with Gasteiger partial charge in [-0.3, -0.25) is 4.68 Å². The maximum atomic E-state index is 11.4. The van der Waals surface area contributed by atoms with E-state index < -0.39 is 11.7 Å². The highest BCUT2D eigenvalue weighted by molar-refractivity contribution is 5.77. The minimum absolute atomic E-state index is 0.416. The SMILES string of the molecule is CC(C)(C)OC(=O)NCCCn1cc(/C=N/O)cn1. The number of amides is 1. The van der Waals surface area contributed by atoms with Crippen LogP contribution in [0.25, 0.3) is 0 Å². The number of nitrogens with zero attached hydrogens (tertiary/aromatic N) is 3. The average molecular weight is 268 g/mol. The summed E-state index contributed by atoms with van der Waals surface area (Å²) < 4.78 is 6.82. The van der Waals surface area contributed by atoms with Gasteiger partial charge in [0.2, 0.25) is 0 Å². The Bertz CT molecular complexity index is 434. The summed E-state index contributed by atoms with van der Waals surface area (Å²) >= 11 is 0. The second-order valence-electron chi connectivity index (χ2n) is 5.06. The number of oxime groups is 1. The summed E-state index contributed by atoms with van der Waals surface area (Å²) in [5.41, 5.74) is 0.243. The number of rotatable bonds is 5. The van der Waals surface area contributed by atoms with Gasteiger partial charge >= 0.3 is 6.09 Å². The summed E-state index contributed by atoms with van der Waals surface area (Å²) in [5, 5.41) is 18.0. The Balaban J connectivity index is 2.21. The van der Waals surface area contributed by atoms with E-state index in [9.17, 15) is 4.79 Å². The molecule has 0 atom stereocenters. The second-order valence-corrected chi connectivity index (χ2v) is 5.06. The first-order chi connectivity index (χ1) is 8.90. The van der Waals surface area contributed by atoms with Crippen molar-refractivity contribution < 1.29 is 14.7 Å². The van der Waals surface area contributed by atoms with Crippen LogP contribution in [0, 0.1) is 0 Å². The van der Waals surface area contributed by atoms with Crippen molar-refractivity contribution in [1.82, 2.24) is 15.1 Å². The average Bonchev–Trinajstić information content (AvgIpc) is 2.70. The van der Waals surface area contributed by atoms with Crippen LogP contribution in [0.3, 0.4) is 0 Å². The van der Waals surface area contributed by atoms with Crippen molar-refractivity contribution in [3.63, 3.8) is 0 Å². The van der Waals surface area contributed by atoms with Gasteiger partial charge in [-0.25, -0.2) is 4.79 Å². The lowest BCUT2D eigenvalue weighted by molar-refractivity contribution is 0.0526. The minimum Gasteiger partial charge on any atom is -0.444 e. The fourth-order valence-corrected chi connectivity index (χ4v) is 1.38. The number of hydrogen-bond acceptors (Lipinski definition) is 5. The van der Waals surface area contributed by atoms with Crippen LogP contribution in [-0.2, 0) is 11.3 Å². The van der Waals surface area contributed by atoms with E-state index in [0.29, 0.717) is 13.1 Å². The van der Waals surface area contributed by atoms with Gasteiger partial charge in [-0.1, -0.05) is 5.16 Å². The molecule has 1 rings (SSSR count). The van der Waals surface area contributed by atoms with E-state index in [1.165, 1.54) is 6.21 Å². The van der Waals surface area contributed by atoms with Crippen molar-refractivity contribution in [3.8, 4) is 0 Å². The molecule has 1 heterocycles. The number of hydrogen-bond donors (Lipinski definition) is 2. The van der Waals surface area contributed by atoms with Crippen molar-refractivity contribution in [2.24, 2.45) is 5.16 Å². The summed E-state index contributed by atoms with van der Waals surface area (Å²) in [5.74, 6) is 0. The van der Waals surface area contributed by atoms with Gasteiger partial charge in [-0.2, -0.15) is 5.10 Å². The van der Waals surface area contributed by atoms with E-state index in [4.69, 9.17) is 9.94 Å². The Morgan fingerprint density at radius 3 is 3.00 bits per heavy atom. The highest BCUT2D eigenvalue weighted by Crippen LogP contribution is 2.06. The van der Waals surface area contributed by atoms with Crippen LogP contribution in [0.2, 0.25) is 0 Å². The molecular formula is C12H20N4O3. The van der Waals surface area contributed by atoms with Crippen LogP contribution in [0.5, 0.6) is 0 Å². The highest BCUT2D eigenvalue weighted by atomic mass is 16.6. The van der Waals surface area contributed by atoms with Gasteiger partial charge < -0.3 is 15.3 Å². The molecule has 0 radical (unpaired) electrons. The Hall–Kier alpha value is -2.05. The smallest absolute Gasteiger partial charge is 0.407 e. The lowest BCUT2D eigenvalue weighted by Gasteiger charge is -2.19. The van der Waals surface area contributed by atoms with Crippen molar-refractivity contribution in [3.05, 3.63) is 18.0 Å². The lowest BCUT2D eigenvalue weighted by Crippen LogP contribution is -2.33. The molecular weight excluding hydrogens is 248 g/mol. The summed E-state index contributed by atoms with van der Waals surface area (Å²) in [6.07, 6.45) is 4.98. The first-order valence-electron chi connectivity index (χ1n) is 6.07. The second kappa shape index (κ2) is 6.77. The Labute approximate surface area is 112 Å². The normalized spacial score (nSPS) is 11.7. The predicted molar refractivity (Wildman–Crippen MR) is 70.5 cm³/mol. The van der Waals surface area contributed by atoms with E-state index >= 15 is 0 Å². The van der Waals surface area contributed by atoms with Crippen LogP contribution in [0.1, 0.15) is 32.8 Å². The van der Waals surface area contributed by atoms with Crippen molar-refractivity contribution in [2.45, 2.75) is 39.3 Å². The van der Waals surface area contributed by atoms with Gasteiger partial charge in [0.15, 0.2) is 0 Å². The fraction of sp³-hybridized carbons (Fsp3) is 0.583. The van der Waals surface area contributed by atoms with Crippen molar-refractivity contribution in [2.75, 3.05) is 6.54 Å². The van der Waals surface area contributed by atoms with E-state index in [2.05, 4.69) is 15.6 Å². The summed E-state index contributed by atoms with van der Waals surface area (Å²) in [6.45, 7) is 6.63. The van der Waals surface area contributed by atoms with E-state index in [0.717, 1.165) is 12.0 Å². The number of alkyl carbamates (subject to hydrolysis) is 1. The highest BCUT2D eigenvalue weighted by Gasteiger charge is 2.15. The van der Waals surface area contributed by atoms with Crippen molar-refractivity contribution in [1.29, 1.82) is 0 Å². The molecule has 7 nitrogen and oxygen atoms in total. The molecule has 0 aromatic carbocycles. The molecule has 1 amide bonds. The minimum atomic E-state index is -0.482. The molecule has 106 valence electrons. The standard InChI is InChI=1S/C12H20N4O3/c1-12(2,3)19-11(17)13-5-4-6-16-9-10(7-14-16)8-15-18/h7-9,18H,4-6H2,1-3H3,(H,13,17)/b15-8+. The zero-order chi connectivity index (χ0) is 14.3. The van der Waals surface area contributed by atoms with Gasteiger partial charge in [-0.05, 0) is 27.2 Å². The monoisotopic (exact) mass is 268 g/mol. The zero-order valence-corrected chi connectivity index (χ0v) is 11.5. The molecule has 19 heavy (non-hydrogen) atoms. The van der Waals surface area contributed by atoms with Crippen LogP contribution in [-0.4, -0.2) is 39.4 Å². The largest absolute Gasteiger partial charge is 0.444 e. The molecule has 7 heteroatoms. The molecule has 1 aromatic heterocycles. The van der Waals surface area contributed by atoms with Gasteiger partial charge in [0.05, 0.1) is 12.4 Å². The number of aryl methyl sites for hydroxylation is 1. The topological polar surface area (TPSA) is 88.7 Å². The maximum absolute atomic E-state index is 11.4. The third-order valence-corrected chi connectivity index (χ3v) is 2.09. The molecule has 0 saturated carbocycles. The van der Waals surface area contributed by atoms with Gasteiger partial charge in [-0.15, -0.1) is 0 Å². The molecule has 0 bridgehead atoms. The Kier molecular flexibility index (Phi) is 5.35. The van der Waals surface area contributed by atoms with Gasteiger partial charge in [0.25, 0.3) is 0 Å². The van der Waals surface area contributed by atoms with Gasteiger partial charge in [0.1, 0.15) is 5.60 Å². The van der Waals surface area contributed by atoms with E-state index in [-0.39, 0.29) is 0 Å². The first-order valence-corrected chi connectivity index (χ1v) is 6.07. The molecule has 0 saturated heterocycles. The lowest BCUT2D eigenvalue weighted by atomic mass is 10.2. The third kappa shape index (κ3) is 6.44. The fourth-order valence-electron chi connectivity index (χ4n) is 1.38. The number of ether oxygens (including phenoxy) is 1. The summed E-state index contributed by atoms with van der Waals surface area (Å²) in [6, 6.07) is 0. The molecule has 0 unspecified atom stereocenters. The summed E-state index contributed by atoms with van der Waals surface area (Å²) in [7, 11) is 0. The first kappa shape index (κ1) is 15.0. The van der Waals surface area contributed by atoms with Crippen molar-refractivity contribution >= 4 is 12.3 Å². The third-order valence-electron chi connectivity index (χ3n) is 2.09. The Morgan fingerprint density at radius 2 is 2.37 bits per heavy atom. The summed E-state index contributed by atoms with van der Waals surface area (Å²) in [4.78, 5) is 11.4. The number of carbonyl (C=O) groups excluding carboxylic acids is 1. The van der Waals surface area contributed by atoms with E-state index in [1.807, 2.05) is 20.8 Å². The number of nitrogens with one attached hydrogen (secondary N) is 1. The molecule has 2 N–H and O–H groups in total. The number of carbonyl (C=O) groups is 1. The molecule has 0 aliphatic rings. The van der Waals surface area contributed by atoms with Crippen LogP contribution >= 0.6 is 0 Å². The zero-order valence-electron chi connectivity index (χ0n) is 11.5. The van der Waals surface area contributed by atoms with E-state index in [1.54, 1.807) is 17.1 Å². The van der Waals surface area contributed by atoms with Crippen LogP contribution < -0.4 is 5.32 Å². The number of aromatic nitrogens is 2. The van der Waals surface area contributed by atoms with Gasteiger partial charge in [0, 0.05) is 24.8 Å². The molecule has 0 spiro atoms. The maximum Gasteiger partial charge on any atom is 0.407 e. The van der Waals surface area contributed by atoms with Crippen LogP contribution in [0.4, 0.5) is 4.79 Å². The predicted octanol–water partition coefficient (Wildman–Crippen LogP) is 1.61. The quantitative estimate of drug-likeness (QED) is 0.367. The molecule has 0 aliphatic carbocycles. The molecule has 0 aliphatic heterocycles. The molecule has 1 aromatic rings.